The number of carbonyl (C=O) groups excluding carboxylic acids is 1. The van der Waals surface area contributed by atoms with Crippen LogP contribution in [0, 0.1) is 20.8 Å². The summed E-state index contributed by atoms with van der Waals surface area (Å²) in [7, 11) is 0. The number of hydrogen-bond donors (Lipinski definition) is 1. The van der Waals surface area contributed by atoms with E-state index in [0.717, 1.165) is 34.9 Å². The highest BCUT2D eigenvalue weighted by molar-refractivity contribution is 6.33. The fraction of sp³-hybridized carbons (Fsp3) is 0.412. The van der Waals surface area contributed by atoms with Crippen LogP contribution in [-0.4, -0.2) is 42.3 Å². The molecule has 6 nitrogen and oxygen atoms in total. The molecule has 0 spiro atoms. The van der Waals surface area contributed by atoms with Gasteiger partial charge in [-0.25, -0.2) is 4.79 Å². The Hall–Kier alpha value is -2.21. The standard InChI is InChI=1S/C17H21ClN4O2/c1-11-8-12(2)16(14(18)9-11)21-4-6-22(7-5-21)17(23)19-15-10-13(3)24-20-15/h8-10H,4-7H2,1-3H3,(H,19,20,23). The Morgan fingerprint density at radius 2 is 1.88 bits per heavy atom. The summed E-state index contributed by atoms with van der Waals surface area (Å²) in [5.74, 6) is 1.11. The van der Waals surface area contributed by atoms with Crippen LogP contribution in [0.15, 0.2) is 22.7 Å². The molecular weight excluding hydrogens is 328 g/mol. The Balaban J connectivity index is 1.62. The van der Waals surface area contributed by atoms with E-state index in [0.29, 0.717) is 24.7 Å². The molecule has 0 radical (unpaired) electrons. The number of amides is 2. The largest absolute Gasteiger partial charge is 0.367 e. The first-order valence-corrected chi connectivity index (χ1v) is 8.33. The smallest absolute Gasteiger partial charge is 0.323 e. The molecule has 0 saturated carbocycles. The second kappa shape index (κ2) is 6.73. The Kier molecular flexibility index (Phi) is 4.66. The van der Waals surface area contributed by atoms with E-state index in [9.17, 15) is 4.79 Å². The van der Waals surface area contributed by atoms with E-state index in [1.165, 1.54) is 0 Å². The van der Waals surface area contributed by atoms with Crippen LogP contribution in [0.1, 0.15) is 16.9 Å². The molecule has 0 aliphatic carbocycles. The Morgan fingerprint density at radius 3 is 2.46 bits per heavy atom. The van der Waals surface area contributed by atoms with Gasteiger partial charge in [0.2, 0.25) is 0 Å². The predicted octanol–water partition coefficient (Wildman–Crippen LogP) is 3.61. The zero-order valence-electron chi connectivity index (χ0n) is 14.1. The Labute approximate surface area is 146 Å². The van der Waals surface area contributed by atoms with Crippen LogP contribution in [0.4, 0.5) is 16.3 Å². The van der Waals surface area contributed by atoms with Gasteiger partial charge < -0.3 is 14.3 Å². The lowest BCUT2D eigenvalue weighted by Crippen LogP contribution is -2.50. The maximum Gasteiger partial charge on any atom is 0.323 e. The highest BCUT2D eigenvalue weighted by atomic mass is 35.5. The SMILES string of the molecule is Cc1cc(C)c(N2CCN(C(=O)Nc3cc(C)on3)CC2)c(Cl)c1. The van der Waals surface area contributed by atoms with Gasteiger partial charge in [0.15, 0.2) is 5.82 Å². The molecule has 1 aromatic heterocycles. The number of halogens is 1. The van der Waals surface area contributed by atoms with Crippen molar-refractivity contribution in [1.82, 2.24) is 10.1 Å². The van der Waals surface area contributed by atoms with Crippen molar-refractivity contribution in [2.45, 2.75) is 20.8 Å². The summed E-state index contributed by atoms with van der Waals surface area (Å²) in [4.78, 5) is 16.3. The van der Waals surface area contributed by atoms with Crippen molar-refractivity contribution in [1.29, 1.82) is 0 Å². The number of urea groups is 1. The second-order valence-corrected chi connectivity index (χ2v) is 6.55. The van der Waals surface area contributed by atoms with Crippen molar-refractivity contribution in [3.8, 4) is 0 Å². The van der Waals surface area contributed by atoms with E-state index in [2.05, 4.69) is 28.4 Å². The fourth-order valence-electron chi connectivity index (χ4n) is 3.06. The zero-order chi connectivity index (χ0) is 17.3. The highest BCUT2D eigenvalue weighted by Gasteiger charge is 2.24. The van der Waals surface area contributed by atoms with Gasteiger partial charge in [-0.15, -0.1) is 0 Å². The Bertz CT molecular complexity index is 728. The number of carbonyl (C=O) groups is 1. The van der Waals surface area contributed by atoms with Crippen molar-refractivity contribution in [3.05, 3.63) is 40.1 Å². The van der Waals surface area contributed by atoms with Crippen LogP contribution in [-0.2, 0) is 0 Å². The number of anilines is 2. The number of piperazine rings is 1. The number of benzene rings is 1. The number of rotatable bonds is 2. The molecule has 1 N–H and O–H groups in total. The first-order chi connectivity index (χ1) is 11.4. The number of nitrogens with one attached hydrogen (secondary N) is 1. The van der Waals surface area contributed by atoms with Gasteiger partial charge in [-0.3, -0.25) is 5.32 Å². The van der Waals surface area contributed by atoms with Crippen LogP contribution >= 0.6 is 11.6 Å². The lowest BCUT2D eigenvalue weighted by molar-refractivity contribution is 0.208. The van der Waals surface area contributed by atoms with E-state index >= 15 is 0 Å². The molecule has 2 heterocycles. The lowest BCUT2D eigenvalue weighted by atomic mass is 10.1. The van der Waals surface area contributed by atoms with Gasteiger partial charge in [0.05, 0.1) is 10.7 Å². The molecule has 128 valence electrons. The van der Waals surface area contributed by atoms with Gasteiger partial charge in [-0.1, -0.05) is 22.8 Å². The Morgan fingerprint density at radius 1 is 1.17 bits per heavy atom. The summed E-state index contributed by atoms with van der Waals surface area (Å²) in [6, 6.07) is 5.65. The summed E-state index contributed by atoms with van der Waals surface area (Å²) >= 11 is 6.42. The summed E-state index contributed by atoms with van der Waals surface area (Å²) in [6.07, 6.45) is 0. The van der Waals surface area contributed by atoms with Gasteiger partial charge in [-0.05, 0) is 38.0 Å². The van der Waals surface area contributed by atoms with Crippen molar-refractivity contribution in [3.63, 3.8) is 0 Å². The van der Waals surface area contributed by atoms with Crippen molar-refractivity contribution >= 4 is 29.1 Å². The summed E-state index contributed by atoms with van der Waals surface area (Å²) in [6.45, 7) is 8.65. The topological polar surface area (TPSA) is 61.6 Å². The molecular formula is C17H21ClN4O2. The van der Waals surface area contributed by atoms with Gasteiger partial charge in [-0.2, -0.15) is 0 Å². The van der Waals surface area contributed by atoms with E-state index in [4.69, 9.17) is 16.1 Å². The van der Waals surface area contributed by atoms with Gasteiger partial charge >= 0.3 is 6.03 Å². The summed E-state index contributed by atoms with van der Waals surface area (Å²) in [5, 5.41) is 7.31. The molecule has 0 unspecified atom stereocenters. The molecule has 2 aromatic rings. The predicted molar refractivity (Wildman–Crippen MR) is 95.0 cm³/mol. The zero-order valence-corrected chi connectivity index (χ0v) is 14.9. The van der Waals surface area contributed by atoms with Gasteiger partial charge in [0.1, 0.15) is 5.76 Å². The third kappa shape index (κ3) is 3.48. The van der Waals surface area contributed by atoms with Crippen molar-refractivity contribution < 1.29 is 9.32 Å². The average molecular weight is 349 g/mol. The maximum absolute atomic E-state index is 12.3. The van der Waals surface area contributed by atoms with Crippen LogP contribution < -0.4 is 10.2 Å². The first-order valence-electron chi connectivity index (χ1n) is 7.95. The quantitative estimate of drug-likeness (QED) is 0.900. The van der Waals surface area contributed by atoms with Crippen LogP contribution in [0.25, 0.3) is 0 Å². The first kappa shape index (κ1) is 16.6. The third-order valence-corrected chi connectivity index (χ3v) is 4.43. The molecule has 7 heteroatoms. The molecule has 1 saturated heterocycles. The number of nitrogens with zero attached hydrogens (tertiary/aromatic N) is 3. The van der Waals surface area contributed by atoms with E-state index in [-0.39, 0.29) is 6.03 Å². The fourth-order valence-corrected chi connectivity index (χ4v) is 3.50. The molecule has 0 bridgehead atoms. The summed E-state index contributed by atoms with van der Waals surface area (Å²) < 4.78 is 4.96. The minimum atomic E-state index is -0.158. The number of hydrogen-bond acceptors (Lipinski definition) is 4. The molecule has 3 rings (SSSR count). The van der Waals surface area contributed by atoms with Crippen molar-refractivity contribution in [2.75, 3.05) is 36.4 Å². The third-order valence-electron chi connectivity index (χ3n) is 4.14. The second-order valence-electron chi connectivity index (χ2n) is 6.14. The minimum absolute atomic E-state index is 0.158. The van der Waals surface area contributed by atoms with Crippen molar-refractivity contribution in [2.24, 2.45) is 0 Å². The number of aromatic nitrogens is 1. The molecule has 1 fully saturated rings. The highest BCUT2D eigenvalue weighted by Crippen LogP contribution is 2.31. The van der Waals surface area contributed by atoms with Crippen LogP contribution in [0.5, 0.6) is 0 Å². The molecule has 1 aliphatic heterocycles. The molecule has 0 atom stereocenters. The van der Waals surface area contributed by atoms with Crippen LogP contribution in [0.2, 0.25) is 5.02 Å². The lowest BCUT2D eigenvalue weighted by Gasteiger charge is -2.37. The summed E-state index contributed by atoms with van der Waals surface area (Å²) in [5.41, 5.74) is 3.38. The van der Waals surface area contributed by atoms with Gasteiger partial charge in [0.25, 0.3) is 0 Å². The van der Waals surface area contributed by atoms with E-state index in [1.807, 2.05) is 13.0 Å². The monoisotopic (exact) mass is 348 g/mol. The van der Waals surface area contributed by atoms with E-state index < -0.39 is 0 Å². The molecule has 24 heavy (non-hydrogen) atoms. The molecule has 2 amide bonds. The van der Waals surface area contributed by atoms with Crippen LogP contribution in [0.3, 0.4) is 0 Å². The minimum Gasteiger partial charge on any atom is -0.367 e. The maximum atomic E-state index is 12.3. The van der Waals surface area contributed by atoms with E-state index in [1.54, 1.807) is 17.9 Å². The average Bonchev–Trinajstić information content (AvgIpc) is 2.92. The molecule has 1 aliphatic rings. The van der Waals surface area contributed by atoms with Gasteiger partial charge in [0, 0.05) is 32.2 Å². The normalized spacial score (nSPS) is 14.8. The number of aryl methyl sites for hydroxylation is 3. The molecule has 1 aromatic carbocycles.